The van der Waals surface area contributed by atoms with Gasteiger partial charge in [-0.15, -0.1) is 13.2 Å². The number of piperazine rings is 2. The van der Waals surface area contributed by atoms with E-state index in [4.69, 9.17) is 9.47 Å². The number of hydrogen-bond acceptors (Lipinski definition) is 18. The number of anilines is 4. The van der Waals surface area contributed by atoms with E-state index in [1.165, 1.54) is 53.4 Å². The summed E-state index contributed by atoms with van der Waals surface area (Å²) < 4.78 is 156. The van der Waals surface area contributed by atoms with Crippen molar-refractivity contribution in [3.63, 3.8) is 0 Å². The summed E-state index contributed by atoms with van der Waals surface area (Å²) in [4.78, 5) is 87.5. The molecule has 0 unspecified atom stereocenters. The Morgan fingerprint density at radius 1 is 0.595 bits per heavy atom. The van der Waals surface area contributed by atoms with E-state index in [2.05, 4.69) is 33.6 Å². The van der Waals surface area contributed by atoms with Crippen LogP contribution in [0.4, 0.5) is 31.5 Å². The number of carbonyl (C=O) groups is 6. The molecule has 4 amide bonds. The lowest BCUT2D eigenvalue weighted by Crippen LogP contribution is -2.48. The minimum Gasteiger partial charge on any atom is -0.489 e. The van der Waals surface area contributed by atoms with Crippen LogP contribution < -0.4 is 39.7 Å². The first kappa shape index (κ1) is 91.7. The highest BCUT2D eigenvalue weighted by atomic mass is 32.2. The second kappa shape index (κ2) is 39.4. The number of aromatic nitrogens is 2. The summed E-state index contributed by atoms with van der Waals surface area (Å²) in [5, 5.41) is 7.23. The number of rotatable bonds is 26. The predicted molar refractivity (Wildman–Crippen MR) is 485 cm³/mol. The molecule has 126 heavy (non-hydrogen) atoms. The van der Waals surface area contributed by atoms with Gasteiger partial charge in [-0.05, 0) is 134 Å². The molecule has 8 aromatic rings. The minimum atomic E-state index is -3.95. The molecule has 28 nitrogen and oxygen atoms in total. The van der Waals surface area contributed by atoms with Crippen LogP contribution in [0, 0.1) is 11.6 Å². The van der Waals surface area contributed by atoms with Crippen LogP contribution in [0.15, 0.2) is 147 Å². The zero-order valence-electron chi connectivity index (χ0n) is 71.7. The Morgan fingerprint density at radius 3 is 1.61 bits per heavy atom. The molecule has 2 saturated carbocycles. The topological polar surface area (TPSA) is 317 Å². The highest BCUT2D eigenvalue weighted by Gasteiger charge is 2.36. The number of fused-ring (bicyclic) bond motifs is 2. The van der Waals surface area contributed by atoms with Crippen molar-refractivity contribution in [3.05, 3.63) is 192 Å². The Labute approximate surface area is 736 Å². The molecule has 4 saturated heterocycles. The van der Waals surface area contributed by atoms with Gasteiger partial charge in [-0.1, -0.05) is 87.1 Å². The van der Waals surface area contributed by atoms with Crippen molar-refractivity contribution in [2.24, 2.45) is 0 Å². The van der Waals surface area contributed by atoms with Crippen LogP contribution in [0.5, 0.6) is 11.5 Å². The fourth-order valence-electron chi connectivity index (χ4n) is 18.4. The second-order valence-electron chi connectivity index (χ2n) is 33.5. The smallest absolute Gasteiger partial charge is 0.240 e. The lowest BCUT2D eigenvalue weighted by atomic mass is 9.81. The van der Waals surface area contributed by atoms with Crippen molar-refractivity contribution in [1.82, 2.24) is 37.0 Å². The predicted octanol–water partition coefficient (Wildman–Crippen LogP) is 11.6. The average molecular weight is 1810 g/mol. The highest BCUT2D eigenvalue weighted by molar-refractivity contribution is 7.90. The number of benzene rings is 6. The lowest BCUT2D eigenvalue weighted by Gasteiger charge is -2.36. The molecule has 2 aromatic heterocycles. The molecule has 5 aliphatic heterocycles. The summed E-state index contributed by atoms with van der Waals surface area (Å²) in [5.41, 5.74) is 9.31. The van der Waals surface area contributed by atoms with Crippen molar-refractivity contribution >= 4 is 120 Å². The molecule has 6 fully saturated rings. The molecule has 7 aliphatic rings. The summed E-state index contributed by atoms with van der Waals surface area (Å²) in [6, 6.07) is 30.9. The van der Waals surface area contributed by atoms with E-state index in [0.717, 1.165) is 141 Å². The Morgan fingerprint density at radius 2 is 1.11 bits per heavy atom. The number of amides is 4. The van der Waals surface area contributed by atoms with Crippen LogP contribution in [0.3, 0.4) is 0 Å². The maximum Gasteiger partial charge on any atom is 0.240 e. The molecular formula is C92H110F2N12O16S4. The van der Waals surface area contributed by atoms with Crippen molar-refractivity contribution in [2.45, 2.75) is 128 Å². The van der Waals surface area contributed by atoms with E-state index < -0.39 is 74.8 Å². The van der Waals surface area contributed by atoms with E-state index in [1.54, 1.807) is 97.8 Å². The van der Waals surface area contributed by atoms with Gasteiger partial charge in [-0.25, -0.2) is 51.1 Å². The molecule has 2 aliphatic carbocycles. The normalized spacial score (nSPS) is 18.7. The number of ether oxygens (including phenoxy) is 2. The standard InChI is InChI=1S/C47H57FN6O8S2.C45H53FN6O8S2/c1-5-20-49-44(56)30-54-42-28-34(43(55)32-64(60,61)50(3)21-6-2)14-17-39(42)46(33-11-8-7-9-12-33)47(54)38-18-16-37(29-40(38)48)62-31-35-27-36(53-22-10-13-45(53)57)15-19-41(35)51-23-25-52(26-24-51)63(4,58)59;1-48-19-7-6-18-47-42(54)28-52-40-26-32(41(53)30-62(48,58)59)12-15-37(40)44(31-9-4-3-5-10-31)45(52)36-16-14-35(27-38(36)46)60-29-33-25-34(51-20-8-11-43(51)55)13-17-39(33)49-21-23-50(24-22-49)61(2,56)57/h5-6,14-19,27-29,33H,1-2,7-13,20-26,30-32H2,3-4H3,(H,49,56);6-7,12-17,25-27,31H,3-5,8-11,18-24,28-30H2,1-2H3,(H,47,54)/b;7-6-. The van der Waals surface area contributed by atoms with Crippen molar-refractivity contribution in [3.8, 4) is 34.0 Å². The van der Waals surface area contributed by atoms with Gasteiger partial charge in [0.25, 0.3) is 0 Å². The van der Waals surface area contributed by atoms with Gasteiger partial charge in [0.15, 0.2) is 11.6 Å². The van der Waals surface area contributed by atoms with E-state index in [0.29, 0.717) is 101 Å². The molecule has 2 N–H and O–H groups in total. The van der Waals surface area contributed by atoms with Gasteiger partial charge < -0.3 is 48.8 Å². The highest BCUT2D eigenvalue weighted by Crippen LogP contribution is 2.48. The van der Waals surface area contributed by atoms with Gasteiger partial charge in [-0.2, -0.15) is 8.61 Å². The monoisotopic (exact) mass is 1800 g/mol. The fourth-order valence-corrected chi connectivity index (χ4v) is 22.1. The Hall–Kier alpha value is -10.5. The number of nitrogens with one attached hydrogen (secondary N) is 2. The molecular weight excluding hydrogens is 1700 g/mol. The van der Waals surface area contributed by atoms with Gasteiger partial charge in [0, 0.05) is 209 Å². The average Bonchev–Trinajstić information content (AvgIpc) is 1.58. The zero-order chi connectivity index (χ0) is 89.5. The number of carbonyl (C=O) groups excluding carboxylic acids is 6. The zero-order valence-corrected chi connectivity index (χ0v) is 75.0. The molecule has 672 valence electrons. The number of nitrogens with zero attached hydrogens (tertiary/aromatic N) is 10. The van der Waals surface area contributed by atoms with Crippen LogP contribution in [0.2, 0.25) is 0 Å². The minimum absolute atomic E-state index is 0.0287. The molecule has 34 heteroatoms. The molecule has 2 bridgehead atoms. The van der Waals surface area contributed by atoms with Crippen LogP contribution in [-0.2, 0) is 85.6 Å². The largest absolute Gasteiger partial charge is 0.489 e. The summed E-state index contributed by atoms with van der Waals surface area (Å²) in [7, 11) is -11.8. The molecule has 0 spiro atoms. The maximum absolute atomic E-state index is 17.0. The number of hydrogen-bond donors (Lipinski definition) is 2. The summed E-state index contributed by atoms with van der Waals surface area (Å²) in [6.45, 7) is 11.8. The Bertz CT molecular complexity index is 6050. The van der Waals surface area contributed by atoms with Gasteiger partial charge in [0.05, 0.1) is 23.9 Å². The summed E-state index contributed by atoms with van der Waals surface area (Å²) in [6.07, 6.45) is 20.6. The second-order valence-corrected chi connectivity index (χ2v) is 41.6. The number of likely N-dealkylation sites (N-methyl/N-ethyl adjacent to an activating group) is 2. The first-order valence-electron chi connectivity index (χ1n) is 43.1. The van der Waals surface area contributed by atoms with Crippen LogP contribution in [0.1, 0.15) is 145 Å². The van der Waals surface area contributed by atoms with Gasteiger partial charge in [0.2, 0.25) is 63.7 Å². The number of Topliss-reactive ketones (excluding diaryl/α,β-unsaturated/α-hetero) is 2. The third-order valence-electron chi connectivity index (χ3n) is 25.0. The number of halogens is 2. The molecule has 15 rings (SSSR count). The molecule has 0 atom stereocenters. The van der Waals surface area contributed by atoms with Gasteiger partial charge >= 0.3 is 0 Å². The van der Waals surface area contributed by atoms with Crippen LogP contribution in [-0.4, -0.2) is 225 Å². The maximum atomic E-state index is 17.0. The Kier molecular flexibility index (Phi) is 28.7. The lowest BCUT2D eigenvalue weighted by molar-refractivity contribution is -0.122. The van der Waals surface area contributed by atoms with Crippen LogP contribution in [0.25, 0.3) is 44.3 Å². The molecule has 6 aromatic carbocycles. The molecule has 7 heterocycles. The fraction of sp³-hybridized carbons (Fsp3) is 0.435. The van der Waals surface area contributed by atoms with Crippen molar-refractivity contribution in [2.75, 3.05) is 149 Å². The molecule has 0 radical (unpaired) electrons. The number of sulfonamides is 4. The summed E-state index contributed by atoms with van der Waals surface area (Å²) >= 11 is 0. The SMILES string of the molecule is C=CCNC(=O)Cn1c(-c2ccc(OCc3cc(N4CCCC4=O)ccc3N3CCN(S(C)(=O)=O)CC3)cc2F)c(C2CCCCC2)c2ccc(C(=O)CS(=O)(=O)N(C)CC=C)cc21.CN1C/C=C\CNC(=O)Cn2c(-c3ccc(OCc4cc(N5CCCC5=O)ccc4N4CCN(S(C)(=O)=O)CC4)cc3F)c(C3CCCCC3)c3ccc(cc32)C(=O)CS1(=O)=O. The summed E-state index contributed by atoms with van der Waals surface area (Å²) in [5.74, 6) is -3.87. The van der Waals surface area contributed by atoms with E-state index in [9.17, 15) is 62.4 Å². The van der Waals surface area contributed by atoms with Crippen molar-refractivity contribution < 1.29 is 80.7 Å². The van der Waals surface area contributed by atoms with E-state index in [1.807, 2.05) is 36.4 Å². The Balaban J connectivity index is 0.000000205. The first-order chi connectivity index (χ1) is 60.3. The van der Waals surface area contributed by atoms with Gasteiger partial charge in [-0.3, -0.25) is 28.8 Å². The third-order valence-corrected chi connectivity index (χ3v) is 31.1. The number of ketones is 2. The first-order valence-corrected chi connectivity index (χ1v) is 50.0. The quantitative estimate of drug-likeness (QED) is 0.0376. The third kappa shape index (κ3) is 20.9. The van der Waals surface area contributed by atoms with Crippen molar-refractivity contribution in [1.29, 1.82) is 0 Å². The van der Waals surface area contributed by atoms with Gasteiger partial charge in [0.1, 0.15) is 60.9 Å². The van der Waals surface area contributed by atoms with Crippen LogP contribution >= 0.6 is 0 Å². The van der Waals surface area contributed by atoms with E-state index in [-0.39, 0.29) is 122 Å². The van der Waals surface area contributed by atoms with E-state index >= 15 is 8.78 Å².